The average molecular weight is 311 g/mol. The first-order valence-corrected chi connectivity index (χ1v) is 7.87. The molecule has 0 radical (unpaired) electrons. The van der Waals surface area contributed by atoms with Crippen molar-refractivity contribution < 1.29 is 14.3 Å². The Balaban J connectivity index is 1.60. The number of aryl methyl sites for hydroxylation is 1. The molecular weight excluding hydrogens is 290 g/mol. The normalized spacial score (nSPS) is 17.8. The Morgan fingerprint density at radius 3 is 2.70 bits per heavy atom. The fourth-order valence-corrected chi connectivity index (χ4v) is 2.76. The van der Waals surface area contributed by atoms with Crippen LogP contribution < -0.4 is 0 Å². The van der Waals surface area contributed by atoms with Gasteiger partial charge in [0.05, 0.1) is 13.2 Å². The number of benzene rings is 2. The molecule has 0 bridgehead atoms. The van der Waals surface area contributed by atoms with Crippen molar-refractivity contribution in [3.05, 3.63) is 71.3 Å². The monoisotopic (exact) mass is 311 g/mol. The molecule has 3 rings (SSSR count). The van der Waals surface area contributed by atoms with E-state index in [1.165, 1.54) is 5.56 Å². The van der Waals surface area contributed by atoms with Crippen molar-refractivity contribution in [3.8, 4) is 0 Å². The topological polar surface area (TPSA) is 38.8 Å². The predicted octanol–water partition coefficient (Wildman–Crippen LogP) is 3.71. The highest BCUT2D eigenvalue weighted by atomic mass is 16.6. The van der Waals surface area contributed by atoms with Crippen LogP contribution in [0.15, 0.2) is 54.6 Å². The highest BCUT2D eigenvalue weighted by Gasteiger charge is 2.27. The molecule has 0 spiro atoms. The Morgan fingerprint density at radius 1 is 1.17 bits per heavy atom. The zero-order chi connectivity index (χ0) is 16.1. The summed E-state index contributed by atoms with van der Waals surface area (Å²) >= 11 is 0. The second-order valence-corrected chi connectivity index (χ2v) is 5.70. The van der Waals surface area contributed by atoms with Gasteiger partial charge in [-0.25, -0.2) is 4.79 Å². The van der Waals surface area contributed by atoms with Gasteiger partial charge in [0.2, 0.25) is 0 Å². The molecule has 0 N–H and O–H groups in total. The number of ether oxygens (including phenoxy) is 2. The van der Waals surface area contributed by atoms with Gasteiger partial charge in [0.15, 0.2) is 0 Å². The predicted molar refractivity (Wildman–Crippen MR) is 88.1 cm³/mol. The summed E-state index contributed by atoms with van der Waals surface area (Å²) in [5.41, 5.74) is 3.30. The molecule has 2 aromatic carbocycles. The van der Waals surface area contributed by atoms with Gasteiger partial charge in [0, 0.05) is 6.54 Å². The third-order valence-corrected chi connectivity index (χ3v) is 4.07. The number of hydrogen-bond acceptors (Lipinski definition) is 3. The van der Waals surface area contributed by atoms with Gasteiger partial charge in [-0.05, 0) is 23.6 Å². The summed E-state index contributed by atoms with van der Waals surface area (Å²) < 4.78 is 11.3. The lowest BCUT2D eigenvalue weighted by molar-refractivity contribution is -0.0298. The number of rotatable bonds is 3. The van der Waals surface area contributed by atoms with E-state index in [-0.39, 0.29) is 12.2 Å². The van der Waals surface area contributed by atoms with Gasteiger partial charge in [-0.1, -0.05) is 54.6 Å². The SMILES string of the molecule is Cc1ccccc1C1CN(C(=O)OCc2ccccc2)CCO1. The second kappa shape index (κ2) is 7.29. The Bertz CT molecular complexity index is 657. The number of carbonyl (C=O) groups is 1. The average Bonchev–Trinajstić information content (AvgIpc) is 2.61. The maximum Gasteiger partial charge on any atom is 0.410 e. The fourth-order valence-electron chi connectivity index (χ4n) is 2.76. The van der Waals surface area contributed by atoms with Gasteiger partial charge in [-0.15, -0.1) is 0 Å². The maximum atomic E-state index is 12.3. The molecule has 1 fully saturated rings. The van der Waals surface area contributed by atoms with Crippen LogP contribution in [0, 0.1) is 6.92 Å². The molecule has 23 heavy (non-hydrogen) atoms. The number of nitrogens with zero attached hydrogens (tertiary/aromatic N) is 1. The Kier molecular flexibility index (Phi) is 4.93. The standard InChI is InChI=1S/C19H21NO3/c1-15-7-5-6-10-17(15)18-13-20(11-12-22-18)19(21)23-14-16-8-3-2-4-9-16/h2-10,18H,11-14H2,1H3. The number of morpholine rings is 1. The minimum absolute atomic E-state index is 0.0887. The Morgan fingerprint density at radius 2 is 1.91 bits per heavy atom. The largest absolute Gasteiger partial charge is 0.445 e. The van der Waals surface area contributed by atoms with Crippen molar-refractivity contribution in [1.82, 2.24) is 4.90 Å². The van der Waals surface area contributed by atoms with Gasteiger partial charge in [0.25, 0.3) is 0 Å². The van der Waals surface area contributed by atoms with Gasteiger partial charge in [0.1, 0.15) is 12.7 Å². The fraction of sp³-hybridized carbons (Fsp3) is 0.316. The van der Waals surface area contributed by atoms with E-state index in [4.69, 9.17) is 9.47 Å². The zero-order valence-corrected chi connectivity index (χ0v) is 13.3. The highest BCUT2D eigenvalue weighted by Crippen LogP contribution is 2.25. The van der Waals surface area contributed by atoms with Crippen LogP contribution in [-0.2, 0) is 16.1 Å². The lowest BCUT2D eigenvalue weighted by atomic mass is 10.0. The van der Waals surface area contributed by atoms with Crippen LogP contribution in [0.1, 0.15) is 22.8 Å². The molecule has 1 unspecified atom stereocenters. The molecule has 0 aromatic heterocycles. The molecule has 1 aliphatic rings. The van der Waals surface area contributed by atoms with Crippen LogP contribution in [0.2, 0.25) is 0 Å². The van der Waals surface area contributed by atoms with Crippen LogP contribution in [0.5, 0.6) is 0 Å². The molecule has 4 nitrogen and oxygen atoms in total. The molecular formula is C19H21NO3. The molecule has 0 aliphatic carbocycles. The molecule has 1 saturated heterocycles. The van der Waals surface area contributed by atoms with Crippen molar-refractivity contribution in [2.75, 3.05) is 19.7 Å². The summed E-state index contributed by atoms with van der Waals surface area (Å²) in [5, 5.41) is 0. The van der Waals surface area contributed by atoms with E-state index in [1.807, 2.05) is 42.5 Å². The summed E-state index contributed by atoms with van der Waals surface area (Å²) in [7, 11) is 0. The summed E-state index contributed by atoms with van der Waals surface area (Å²) in [4.78, 5) is 14.0. The number of amides is 1. The summed E-state index contributed by atoms with van der Waals surface area (Å²) in [6, 6.07) is 17.8. The van der Waals surface area contributed by atoms with E-state index < -0.39 is 0 Å². The lowest BCUT2D eigenvalue weighted by Gasteiger charge is -2.33. The smallest absolute Gasteiger partial charge is 0.410 e. The van der Waals surface area contributed by atoms with Crippen LogP contribution >= 0.6 is 0 Å². The van der Waals surface area contributed by atoms with E-state index in [0.29, 0.717) is 26.3 Å². The summed E-state index contributed by atoms with van der Waals surface area (Å²) in [6.07, 6.45) is -0.370. The van der Waals surface area contributed by atoms with Gasteiger partial charge in [-0.3, -0.25) is 0 Å². The van der Waals surface area contributed by atoms with Gasteiger partial charge >= 0.3 is 6.09 Å². The summed E-state index contributed by atoms with van der Waals surface area (Å²) in [5.74, 6) is 0. The van der Waals surface area contributed by atoms with Crippen LogP contribution in [0.4, 0.5) is 4.79 Å². The van der Waals surface area contributed by atoms with E-state index in [9.17, 15) is 4.79 Å². The number of carbonyl (C=O) groups excluding carboxylic acids is 1. The van der Waals surface area contributed by atoms with Crippen molar-refractivity contribution in [1.29, 1.82) is 0 Å². The summed E-state index contributed by atoms with van der Waals surface area (Å²) in [6.45, 7) is 3.98. The van der Waals surface area contributed by atoms with Crippen molar-refractivity contribution in [3.63, 3.8) is 0 Å². The highest BCUT2D eigenvalue weighted by molar-refractivity contribution is 5.67. The van der Waals surface area contributed by atoms with E-state index in [2.05, 4.69) is 19.1 Å². The van der Waals surface area contributed by atoms with Crippen molar-refractivity contribution >= 4 is 6.09 Å². The maximum absolute atomic E-state index is 12.3. The minimum atomic E-state index is -0.282. The molecule has 2 aromatic rings. The molecule has 1 heterocycles. The molecule has 1 atom stereocenters. The van der Waals surface area contributed by atoms with Gasteiger partial charge < -0.3 is 14.4 Å². The van der Waals surface area contributed by atoms with E-state index in [1.54, 1.807) is 4.90 Å². The third-order valence-electron chi connectivity index (χ3n) is 4.07. The van der Waals surface area contributed by atoms with E-state index >= 15 is 0 Å². The first-order valence-electron chi connectivity index (χ1n) is 7.87. The molecule has 120 valence electrons. The Hall–Kier alpha value is -2.33. The molecule has 4 heteroatoms. The minimum Gasteiger partial charge on any atom is -0.445 e. The van der Waals surface area contributed by atoms with Crippen LogP contribution in [0.25, 0.3) is 0 Å². The quantitative estimate of drug-likeness (QED) is 0.867. The Labute approximate surface area is 136 Å². The van der Waals surface area contributed by atoms with E-state index in [0.717, 1.165) is 11.1 Å². The van der Waals surface area contributed by atoms with Crippen molar-refractivity contribution in [2.45, 2.75) is 19.6 Å². The molecule has 0 saturated carbocycles. The van der Waals surface area contributed by atoms with Crippen molar-refractivity contribution in [2.24, 2.45) is 0 Å². The van der Waals surface area contributed by atoms with Crippen LogP contribution in [0.3, 0.4) is 0 Å². The second-order valence-electron chi connectivity index (χ2n) is 5.70. The molecule has 1 amide bonds. The molecule has 1 aliphatic heterocycles. The first kappa shape index (κ1) is 15.6. The zero-order valence-electron chi connectivity index (χ0n) is 13.3. The first-order chi connectivity index (χ1) is 11.2. The number of hydrogen-bond donors (Lipinski definition) is 0. The van der Waals surface area contributed by atoms with Gasteiger partial charge in [-0.2, -0.15) is 0 Å². The third kappa shape index (κ3) is 3.90. The lowest BCUT2D eigenvalue weighted by Crippen LogP contribution is -2.42. The van der Waals surface area contributed by atoms with Crippen LogP contribution in [-0.4, -0.2) is 30.7 Å².